The number of aliphatic hydroxyl groups is 3. The molecule has 4 aliphatic rings. The van der Waals surface area contributed by atoms with Crippen LogP contribution in [0.2, 0.25) is 13.1 Å². The molecule has 74 heavy (non-hydrogen) atoms. The monoisotopic (exact) mass is 1050 g/mol. The van der Waals surface area contributed by atoms with E-state index < -0.39 is 6.10 Å². The second-order valence-corrected chi connectivity index (χ2v) is 24.5. The van der Waals surface area contributed by atoms with Crippen molar-refractivity contribution in [2.75, 3.05) is 14.2 Å². The zero-order valence-electron chi connectivity index (χ0n) is 48.8. The number of nitrogens with zero attached hydrogens (tertiary/aromatic N) is 3. The van der Waals surface area contributed by atoms with Crippen LogP contribution in [-0.2, 0) is 27.3 Å². The van der Waals surface area contributed by atoms with Gasteiger partial charge in [-0.2, -0.15) is 0 Å². The standard InChI is InChI=1S/C51H79BN3O3.C5H10O.C4H5Cl.2CH4O.CH4/c1-13-26-51(45(57)47-54-53-46(55(47)31-30-52-12)36-19-17-35(14-2)18-20-36)29-24-40-38(44(51)37(15-3)33(5)6)21-22-42-49(10)28-25-41(58-43(56)32-48(8,9)16-4)34(7)39(49)23-27-50(40,42)11;1-5(2,3)4-6;1-3-4(2)5;2*1-2;/h16-20,33-34,38-42,45,57H,4,13-15,21-32H2,1-3,5-12H3;4H,1-3H3;3H,1-2H2;2*2H,1H3;1H4/b44-37+;;;;;. The topological polar surface area (TPSA) is 135 Å². The number of esters is 1. The molecule has 0 aliphatic heterocycles. The van der Waals surface area contributed by atoms with E-state index in [1.54, 1.807) is 11.1 Å². The van der Waals surface area contributed by atoms with E-state index in [2.05, 4.69) is 132 Å². The number of fused-ring (bicyclic) bond motifs is 5. The van der Waals surface area contributed by atoms with E-state index in [4.69, 9.17) is 36.7 Å². The Morgan fingerprint density at radius 2 is 1.49 bits per heavy atom. The molecule has 10 unspecified atom stereocenters. The average molecular weight is 1050 g/mol. The third kappa shape index (κ3) is 16.1. The van der Waals surface area contributed by atoms with Gasteiger partial charge in [0.05, 0.1) is 6.42 Å². The second kappa shape index (κ2) is 30.6. The Kier molecular flexibility index (Phi) is 28.4. The Labute approximate surface area is 458 Å². The van der Waals surface area contributed by atoms with Crippen molar-refractivity contribution in [3.05, 3.63) is 83.7 Å². The third-order valence-electron chi connectivity index (χ3n) is 17.5. The minimum absolute atomic E-state index is 0. The first-order valence-electron chi connectivity index (χ1n) is 27.8. The largest absolute Gasteiger partial charge is 0.462 e. The first-order valence-corrected chi connectivity index (χ1v) is 28.1. The van der Waals surface area contributed by atoms with Gasteiger partial charge in [0.15, 0.2) is 11.6 Å². The van der Waals surface area contributed by atoms with Crippen LogP contribution in [0.25, 0.3) is 11.4 Å². The molecule has 9 nitrogen and oxygen atoms in total. The van der Waals surface area contributed by atoms with Crippen molar-refractivity contribution < 1.29 is 29.6 Å². The van der Waals surface area contributed by atoms with Gasteiger partial charge < -0.3 is 29.4 Å². The van der Waals surface area contributed by atoms with Gasteiger partial charge in [0.2, 0.25) is 0 Å². The molecule has 6 rings (SSSR count). The number of benzene rings is 1. The summed E-state index contributed by atoms with van der Waals surface area (Å²) in [6, 6.07) is 8.75. The SMILES string of the molecule is C.C=CC(=C)Cl.C=CC(C)(C)CC(=O)OC1CCC2(C)C(CCC3(C)C4CCC(CCC)(C(O)c5nnc(-c6ccc(CC)cc6)n5CC[B]C)/C(=C(\CC)C(C)C)C4CCC32)C1C.CC(C)(C)C=O.CO.CO. The van der Waals surface area contributed by atoms with Gasteiger partial charge in [-0.15, -0.1) is 16.8 Å². The fraction of sp³-hybridized carbons (Fsp3) is 0.714. The van der Waals surface area contributed by atoms with Gasteiger partial charge in [-0.05, 0) is 128 Å². The number of aromatic nitrogens is 3. The number of rotatable bonds is 16. The Bertz CT molecular complexity index is 2090. The molecule has 1 aromatic heterocycles. The van der Waals surface area contributed by atoms with Crippen molar-refractivity contribution in [1.82, 2.24) is 14.8 Å². The fourth-order valence-corrected chi connectivity index (χ4v) is 13.8. The summed E-state index contributed by atoms with van der Waals surface area (Å²) in [5.74, 6) is 4.54. The lowest BCUT2D eigenvalue weighted by Gasteiger charge is -2.67. The fourth-order valence-electron chi connectivity index (χ4n) is 13.8. The molecule has 1 heterocycles. The highest BCUT2D eigenvalue weighted by atomic mass is 35.5. The van der Waals surface area contributed by atoms with E-state index in [1.165, 1.54) is 37.3 Å². The maximum absolute atomic E-state index is 13.2. The molecule has 1 aromatic carbocycles. The number of aryl methyl sites for hydroxylation is 1. The lowest BCUT2D eigenvalue weighted by atomic mass is 9.37. The van der Waals surface area contributed by atoms with Gasteiger partial charge in [-0.25, -0.2) is 0 Å². The molecule has 2 aromatic rings. The van der Waals surface area contributed by atoms with Gasteiger partial charge in [0.1, 0.15) is 25.8 Å². The molecule has 0 bridgehead atoms. The zero-order chi connectivity index (χ0) is 55.7. The molecule has 4 saturated carbocycles. The highest BCUT2D eigenvalue weighted by molar-refractivity contribution is 6.33. The number of allylic oxidation sites excluding steroid dienone is 4. The Balaban J connectivity index is 0.00000152. The number of aldehydes is 1. The minimum atomic E-state index is -0.730. The van der Waals surface area contributed by atoms with Crippen molar-refractivity contribution >= 4 is 31.1 Å². The zero-order valence-corrected chi connectivity index (χ0v) is 49.5. The molecule has 10 atom stereocenters. The number of hydrogen-bond donors (Lipinski definition) is 3. The highest BCUT2D eigenvalue weighted by Gasteiger charge is 2.64. The lowest BCUT2D eigenvalue weighted by Crippen LogP contribution is -2.61. The second-order valence-electron chi connectivity index (χ2n) is 24.0. The lowest BCUT2D eigenvalue weighted by molar-refractivity contribution is -0.193. The predicted octanol–water partition coefficient (Wildman–Crippen LogP) is 15.7. The molecule has 0 amide bonds. The van der Waals surface area contributed by atoms with Crippen LogP contribution in [-0.4, -0.2) is 69.9 Å². The van der Waals surface area contributed by atoms with E-state index in [0.29, 0.717) is 47.0 Å². The summed E-state index contributed by atoms with van der Waals surface area (Å²) in [4.78, 5) is 23.0. The number of hydrogen-bond acceptors (Lipinski definition) is 8. The van der Waals surface area contributed by atoms with E-state index in [9.17, 15) is 14.7 Å². The number of carbonyl (C=O) groups excluding carboxylic acids is 2. The molecular weight excluding hydrogens is 941 g/mol. The van der Waals surface area contributed by atoms with Crippen molar-refractivity contribution in [2.45, 2.75) is 213 Å². The summed E-state index contributed by atoms with van der Waals surface area (Å²) >= 11 is 5.15. The Morgan fingerprint density at radius 1 is 0.932 bits per heavy atom. The summed E-state index contributed by atoms with van der Waals surface area (Å²) < 4.78 is 8.55. The van der Waals surface area contributed by atoms with Gasteiger partial charge in [0, 0.05) is 42.2 Å². The van der Waals surface area contributed by atoms with Crippen LogP contribution in [0.5, 0.6) is 0 Å². The minimum Gasteiger partial charge on any atom is -0.462 e. The Morgan fingerprint density at radius 3 is 1.97 bits per heavy atom. The smallest absolute Gasteiger partial charge is 0.306 e. The number of carbonyl (C=O) groups is 2. The molecule has 4 fully saturated rings. The normalized spacial score (nSPS) is 28.0. The van der Waals surface area contributed by atoms with Crippen molar-refractivity contribution in [3.8, 4) is 11.4 Å². The van der Waals surface area contributed by atoms with Crippen LogP contribution in [0.4, 0.5) is 0 Å². The van der Waals surface area contributed by atoms with Gasteiger partial charge in [0.25, 0.3) is 0 Å². The van der Waals surface area contributed by atoms with E-state index in [1.807, 2.05) is 26.8 Å². The van der Waals surface area contributed by atoms with Crippen LogP contribution in [0.15, 0.2) is 72.3 Å². The molecule has 11 heteroatoms. The van der Waals surface area contributed by atoms with Crippen LogP contribution < -0.4 is 0 Å². The maximum Gasteiger partial charge on any atom is 0.306 e. The van der Waals surface area contributed by atoms with Gasteiger partial charge >= 0.3 is 5.97 Å². The maximum atomic E-state index is 13.2. The van der Waals surface area contributed by atoms with Crippen molar-refractivity contribution in [1.29, 1.82) is 0 Å². The number of halogens is 1. The number of ether oxygens (including phenoxy) is 1. The van der Waals surface area contributed by atoms with Gasteiger partial charge in [-0.1, -0.05) is 189 Å². The first-order chi connectivity index (χ1) is 34.4. The average Bonchev–Trinajstić information content (AvgIpc) is 3.79. The van der Waals surface area contributed by atoms with Crippen LogP contribution in [0.1, 0.15) is 192 Å². The Hall–Kier alpha value is -3.31. The molecule has 4 aliphatic carbocycles. The quantitative estimate of drug-likeness (QED) is 0.0497. The van der Waals surface area contributed by atoms with Crippen LogP contribution >= 0.6 is 11.6 Å². The highest BCUT2D eigenvalue weighted by Crippen LogP contribution is 2.72. The summed E-state index contributed by atoms with van der Waals surface area (Å²) in [5, 5.41) is 37.5. The molecule has 3 N–H and O–H groups in total. The summed E-state index contributed by atoms with van der Waals surface area (Å²) in [6.07, 6.45) is 17.9. The molecular formula is C63H106BClN3O6. The van der Waals surface area contributed by atoms with E-state index in [-0.39, 0.29) is 46.6 Å². The molecule has 0 spiro atoms. The molecule has 0 saturated heterocycles. The van der Waals surface area contributed by atoms with Crippen molar-refractivity contribution in [2.24, 2.45) is 62.6 Å². The predicted molar refractivity (Wildman–Crippen MR) is 314 cm³/mol. The van der Waals surface area contributed by atoms with E-state index in [0.717, 1.165) is 102 Å². The third-order valence-corrected chi connectivity index (χ3v) is 17.6. The summed E-state index contributed by atoms with van der Waals surface area (Å²) in [5.41, 5.74) is 5.22. The van der Waals surface area contributed by atoms with E-state index >= 15 is 0 Å². The summed E-state index contributed by atoms with van der Waals surface area (Å²) in [7, 11) is 4.21. The van der Waals surface area contributed by atoms with Crippen LogP contribution in [0.3, 0.4) is 0 Å². The number of aliphatic hydroxyl groups excluding tert-OH is 3. The van der Waals surface area contributed by atoms with Gasteiger partial charge in [-0.3, -0.25) is 4.79 Å². The van der Waals surface area contributed by atoms with Crippen molar-refractivity contribution in [3.63, 3.8) is 0 Å². The molecule has 1 radical (unpaired) electrons. The molecule has 419 valence electrons. The summed E-state index contributed by atoms with van der Waals surface area (Å²) in [6.45, 7) is 42.5. The first kappa shape index (κ1) is 68.7. The van der Waals surface area contributed by atoms with Crippen LogP contribution in [0, 0.1) is 62.6 Å².